The Balaban J connectivity index is 1.62. The number of benzene rings is 1. The predicted octanol–water partition coefficient (Wildman–Crippen LogP) is 1.17. The monoisotopic (exact) mass is 356 g/mol. The third-order valence-corrected chi connectivity index (χ3v) is 7.15. The summed E-state index contributed by atoms with van der Waals surface area (Å²) in [6, 6.07) is 9.80. The maximum atomic E-state index is 12.1. The van der Waals surface area contributed by atoms with Crippen LogP contribution in [0.1, 0.15) is 5.89 Å². The van der Waals surface area contributed by atoms with Gasteiger partial charge < -0.3 is 9.84 Å². The Hall–Kier alpha value is -2.32. The van der Waals surface area contributed by atoms with Crippen molar-refractivity contribution in [3.63, 3.8) is 0 Å². The summed E-state index contributed by atoms with van der Waals surface area (Å²) in [7, 11) is -3.09. The molecular formula is C17H16N4O3S. The van der Waals surface area contributed by atoms with Gasteiger partial charge in [0, 0.05) is 30.6 Å². The summed E-state index contributed by atoms with van der Waals surface area (Å²) >= 11 is 0. The minimum atomic E-state index is -3.09. The SMILES string of the molecule is O=S1(=O)C[C@@H]2CNC[C@]2(c2nc(-c3nccc4ccccc34)no2)C1. The van der Waals surface area contributed by atoms with Crippen LogP contribution in [0.5, 0.6) is 0 Å². The molecule has 2 aliphatic heterocycles. The summed E-state index contributed by atoms with van der Waals surface area (Å²) in [5, 5.41) is 9.37. The molecule has 2 aromatic heterocycles. The number of nitrogens with one attached hydrogen (secondary N) is 1. The molecule has 0 unspecified atom stereocenters. The third-order valence-electron chi connectivity index (χ3n) is 5.28. The van der Waals surface area contributed by atoms with Gasteiger partial charge >= 0.3 is 0 Å². The van der Waals surface area contributed by atoms with Crippen LogP contribution in [-0.2, 0) is 15.3 Å². The number of pyridine rings is 1. The minimum absolute atomic E-state index is 0.0220. The lowest BCUT2D eigenvalue weighted by Crippen LogP contribution is -2.35. The lowest BCUT2D eigenvalue weighted by molar-refractivity contribution is 0.282. The average Bonchev–Trinajstić information content (AvgIpc) is 3.27. The quantitative estimate of drug-likeness (QED) is 0.736. The van der Waals surface area contributed by atoms with E-state index in [0.29, 0.717) is 30.5 Å². The maximum Gasteiger partial charge on any atom is 0.235 e. The third kappa shape index (κ3) is 2.21. The molecule has 5 rings (SSSR count). The largest absolute Gasteiger partial charge is 0.338 e. The Labute approximate surface area is 144 Å². The Bertz CT molecular complexity index is 1070. The van der Waals surface area contributed by atoms with Crippen LogP contribution < -0.4 is 5.32 Å². The molecule has 0 spiro atoms. The van der Waals surface area contributed by atoms with Gasteiger partial charge in [0.2, 0.25) is 11.7 Å². The molecule has 0 amide bonds. The molecule has 8 heteroatoms. The number of hydrogen-bond donors (Lipinski definition) is 1. The van der Waals surface area contributed by atoms with Crippen LogP contribution in [0.15, 0.2) is 41.1 Å². The van der Waals surface area contributed by atoms with Crippen molar-refractivity contribution in [2.45, 2.75) is 5.41 Å². The molecule has 2 saturated heterocycles. The summed E-state index contributed by atoms with van der Waals surface area (Å²) in [5.41, 5.74) is 0.0298. The first kappa shape index (κ1) is 15.0. The molecule has 0 aliphatic carbocycles. The standard InChI is InChI=1S/C17H16N4O3S/c22-25(23)8-12-7-18-9-17(12,10-25)16-20-15(21-24-16)14-13-4-2-1-3-11(13)5-6-19-14/h1-6,12,18H,7-10H2/t12-,17-/m0/s1. The molecular weight excluding hydrogens is 340 g/mol. The molecule has 128 valence electrons. The average molecular weight is 356 g/mol. The van der Waals surface area contributed by atoms with Crippen LogP contribution in [0.2, 0.25) is 0 Å². The molecule has 1 N–H and O–H groups in total. The van der Waals surface area contributed by atoms with Gasteiger partial charge in [-0.2, -0.15) is 4.98 Å². The first-order valence-corrected chi connectivity index (χ1v) is 9.99. The van der Waals surface area contributed by atoms with Crippen LogP contribution in [-0.4, -0.2) is 48.1 Å². The van der Waals surface area contributed by atoms with Crippen molar-refractivity contribution >= 4 is 20.6 Å². The highest BCUT2D eigenvalue weighted by Crippen LogP contribution is 2.43. The van der Waals surface area contributed by atoms with Gasteiger partial charge in [-0.15, -0.1) is 0 Å². The van der Waals surface area contributed by atoms with E-state index in [2.05, 4.69) is 20.4 Å². The lowest BCUT2D eigenvalue weighted by Gasteiger charge is -2.21. The zero-order valence-electron chi connectivity index (χ0n) is 13.3. The molecule has 2 atom stereocenters. The second-order valence-corrected chi connectivity index (χ2v) is 8.95. The summed E-state index contributed by atoms with van der Waals surface area (Å²) in [4.78, 5) is 8.98. The van der Waals surface area contributed by atoms with Gasteiger partial charge in [-0.25, -0.2) is 8.42 Å². The number of hydrogen-bond acceptors (Lipinski definition) is 7. The van der Waals surface area contributed by atoms with Gasteiger partial charge in [-0.3, -0.25) is 4.98 Å². The zero-order chi connectivity index (χ0) is 17.1. The Morgan fingerprint density at radius 3 is 3.04 bits per heavy atom. The fourth-order valence-electron chi connectivity index (χ4n) is 4.09. The number of aromatic nitrogens is 3. The molecule has 4 heterocycles. The molecule has 25 heavy (non-hydrogen) atoms. The molecule has 3 aromatic rings. The fraction of sp³-hybridized carbons (Fsp3) is 0.353. The van der Waals surface area contributed by atoms with E-state index in [-0.39, 0.29) is 17.4 Å². The van der Waals surface area contributed by atoms with Gasteiger partial charge in [0.1, 0.15) is 5.69 Å². The summed E-state index contributed by atoms with van der Waals surface area (Å²) in [5.74, 6) is 1.00. The molecule has 2 aliphatic rings. The van der Waals surface area contributed by atoms with E-state index in [1.54, 1.807) is 6.20 Å². The smallest absolute Gasteiger partial charge is 0.235 e. The molecule has 1 aromatic carbocycles. The predicted molar refractivity (Wildman–Crippen MR) is 91.7 cm³/mol. The number of nitrogens with zero attached hydrogens (tertiary/aromatic N) is 3. The van der Waals surface area contributed by atoms with Gasteiger partial charge in [-0.1, -0.05) is 29.4 Å². The van der Waals surface area contributed by atoms with Gasteiger partial charge in [0.25, 0.3) is 0 Å². The van der Waals surface area contributed by atoms with Gasteiger partial charge in [0.15, 0.2) is 9.84 Å². The van der Waals surface area contributed by atoms with E-state index in [0.717, 1.165) is 10.8 Å². The van der Waals surface area contributed by atoms with E-state index >= 15 is 0 Å². The second kappa shape index (κ2) is 5.09. The van der Waals surface area contributed by atoms with E-state index in [1.165, 1.54) is 0 Å². The van der Waals surface area contributed by atoms with Crippen molar-refractivity contribution in [1.82, 2.24) is 20.4 Å². The summed E-state index contributed by atoms with van der Waals surface area (Å²) < 4.78 is 29.8. The highest BCUT2D eigenvalue weighted by molar-refractivity contribution is 7.91. The number of fused-ring (bicyclic) bond motifs is 2. The molecule has 0 bridgehead atoms. The zero-order valence-corrected chi connectivity index (χ0v) is 14.2. The first-order chi connectivity index (χ1) is 12.1. The summed E-state index contributed by atoms with van der Waals surface area (Å²) in [6.45, 7) is 1.20. The van der Waals surface area contributed by atoms with E-state index in [1.807, 2.05) is 30.3 Å². The Kier molecular flexibility index (Phi) is 3.05. The minimum Gasteiger partial charge on any atom is -0.338 e. The van der Waals surface area contributed by atoms with Crippen molar-refractivity contribution in [2.24, 2.45) is 5.92 Å². The highest BCUT2D eigenvalue weighted by Gasteiger charge is 2.57. The number of rotatable bonds is 2. The van der Waals surface area contributed by atoms with Crippen molar-refractivity contribution < 1.29 is 12.9 Å². The van der Waals surface area contributed by atoms with Crippen molar-refractivity contribution in [3.8, 4) is 11.5 Å². The van der Waals surface area contributed by atoms with Crippen LogP contribution in [0.4, 0.5) is 0 Å². The maximum absolute atomic E-state index is 12.1. The summed E-state index contributed by atoms with van der Waals surface area (Å²) in [6.07, 6.45) is 1.71. The van der Waals surface area contributed by atoms with E-state index < -0.39 is 15.3 Å². The molecule has 0 saturated carbocycles. The van der Waals surface area contributed by atoms with Crippen molar-refractivity contribution in [2.75, 3.05) is 24.6 Å². The second-order valence-electron chi connectivity index (χ2n) is 6.84. The van der Waals surface area contributed by atoms with Crippen LogP contribution >= 0.6 is 0 Å². The first-order valence-electron chi connectivity index (χ1n) is 8.17. The Morgan fingerprint density at radius 1 is 1.24 bits per heavy atom. The highest BCUT2D eigenvalue weighted by atomic mass is 32.2. The van der Waals surface area contributed by atoms with Crippen LogP contribution in [0, 0.1) is 5.92 Å². The van der Waals surface area contributed by atoms with Crippen molar-refractivity contribution in [3.05, 3.63) is 42.4 Å². The molecule has 7 nitrogen and oxygen atoms in total. The topological polar surface area (TPSA) is 98.0 Å². The lowest BCUT2D eigenvalue weighted by atomic mass is 9.81. The van der Waals surface area contributed by atoms with Gasteiger partial charge in [0.05, 0.1) is 16.9 Å². The van der Waals surface area contributed by atoms with Crippen molar-refractivity contribution in [1.29, 1.82) is 0 Å². The van der Waals surface area contributed by atoms with E-state index in [4.69, 9.17) is 4.52 Å². The number of sulfone groups is 1. The normalized spacial score (nSPS) is 27.6. The van der Waals surface area contributed by atoms with Crippen LogP contribution in [0.25, 0.3) is 22.3 Å². The molecule has 2 fully saturated rings. The van der Waals surface area contributed by atoms with Crippen LogP contribution in [0.3, 0.4) is 0 Å². The fourth-order valence-corrected chi connectivity index (χ4v) is 6.50. The molecule has 0 radical (unpaired) electrons. The van der Waals surface area contributed by atoms with Gasteiger partial charge in [-0.05, 0) is 11.5 Å². The van der Waals surface area contributed by atoms with E-state index in [9.17, 15) is 8.42 Å². The Morgan fingerprint density at radius 2 is 2.12 bits per heavy atom.